The second kappa shape index (κ2) is 8.68. The Balaban J connectivity index is 1.39. The highest BCUT2D eigenvalue weighted by Crippen LogP contribution is 2.29. The summed E-state index contributed by atoms with van der Waals surface area (Å²) < 4.78 is 1.95. The lowest BCUT2D eigenvalue weighted by Crippen LogP contribution is -2.32. The Bertz CT molecular complexity index is 734. The molecule has 5 nitrogen and oxygen atoms in total. The lowest BCUT2D eigenvalue weighted by molar-refractivity contribution is 0.0755. The molecule has 0 radical (unpaired) electrons. The largest absolute Gasteiger partial charge is 0.337 e. The molecule has 2 heterocycles. The minimum Gasteiger partial charge on any atom is -0.337 e. The molecule has 4 rings (SSSR count). The first-order valence-electron chi connectivity index (χ1n) is 10.6. The summed E-state index contributed by atoms with van der Waals surface area (Å²) in [6.45, 7) is 1.62. The van der Waals surface area contributed by atoms with Gasteiger partial charge in [-0.3, -0.25) is 4.79 Å². The van der Waals surface area contributed by atoms with Crippen LogP contribution < -0.4 is 0 Å². The van der Waals surface area contributed by atoms with Crippen molar-refractivity contribution in [3.63, 3.8) is 0 Å². The van der Waals surface area contributed by atoms with E-state index in [0.29, 0.717) is 17.7 Å². The molecule has 1 saturated carbocycles. The number of carbonyl (C=O) groups excluding carboxylic acids is 1. The van der Waals surface area contributed by atoms with Crippen LogP contribution in [0.3, 0.4) is 0 Å². The van der Waals surface area contributed by atoms with Crippen LogP contribution in [-0.4, -0.2) is 38.9 Å². The third kappa shape index (κ3) is 4.40. The standard InChI is InChI=1S/C22H30N4O/c27-22(21-17-26(24-23-21)20-12-6-1-2-7-13-20)25-15-8-11-19(14-16-25)18-9-4-3-5-10-18/h3-5,9-10,17,19-20H,1-2,6-8,11-16H2/t19-/m0/s1. The topological polar surface area (TPSA) is 51.0 Å². The average Bonchev–Trinajstić information content (AvgIpc) is 2.90. The van der Waals surface area contributed by atoms with E-state index >= 15 is 0 Å². The third-order valence-corrected chi connectivity index (χ3v) is 6.21. The van der Waals surface area contributed by atoms with E-state index in [0.717, 1.165) is 45.2 Å². The van der Waals surface area contributed by atoms with E-state index in [2.05, 4.69) is 40.6 Å². The van der Waals surface area contributed by atoms with Crippen molar-refractivity contribution in [3.8, 4) is 0 Å². The van der Waals surface area contributed by atoms with E-state index in [1.807, 2.05) is 15.8 Å². The van der Waals surface area contributed by atoms with Crippen LogP contribution in [0.1, 0.15) is 85.8 Å². The van der Waals surface area contributed by atoms with Crippen molar-refractivity contribution < 1.29 is 4.79 Å². The Kier molecular flexibility index (Phi) is 5.85. The average molecular weight is 367 g/mol. The number of rotatable bonds is 3. The zero-order valence-electron chi connectivity index (χ0n) is 16.1. The van der Waals surface area contributed by atoms with Crippen LogP contribution >= 0.6 is 0 Å². The van der Waals surface area contributed by atoms with Gasteiger partial charge in [-0.1, -0.05) is 61.2 Å². The molecule has 1 atom stereocenters. The number of amides is 1. The third-order valence-electron chi connectivity index (χ3n) is 6.21. The first-order chi connectivity index (χ1) is 13.3. The van der Waals surface area contributed by atoms with Gasteiger partial charge in [0.1, 0.15) is 0 Å². The summed E-state index contributed by atoms with van der Waals surface area (Å²) >= 11 is 0. The maximum Gasteiger partial charge on any atom is 0.276 e. The van der Waals surface area contributed by atoms with Crippen LogP contribution in [0.25, 0.3) is 0 Å². The summed E-state index contributed by atoms with van der Waals surface area (Å²) in [5, 5.41) is 8.53. The molecule has 2 fully saturated rings. The van der Waals surface area contributed by atoms with Gasteiger partial charge in [0.25, 0.3) is 5.91 Å². The predicted octanol–water partition coefficient (Wildman–Crippen LogP) is 4.58. The predicted molar refractivity (Wildman–Crippen MR) is 106 cm³/mol. The molecular weight excluding hydrogens is 336 g/mol. The quantitative estimate of drug-likeness (QED) is 0.747. The van der Waals surface area contributed by atoms with Gasteiger partial charge < -0.3 is 4.90 Å². The molecule has 2 aromatic rings. The van der Waals surface area contributed by atoms with Crippen LogP contribution in [0.4, 0.5) is 0 Å². The zero-order chi connectivity index (χ0) is 18.5. The van der Waals surface area contributed by atoms with Crippen LogP contribution in [0, 0.1) is 0 Å². The fraction of sp³-hybridized carbons (Fsp3) is 0.591. The Morgan fingerprint density at radius 2 is 1.67 bits per heavy atom. The van der Waals surface area contributed by atoms with Gasteiger partial charge in [0, 0.05) is 13.1 Å². The molecule has 0 spiro atoms. The van der Waals surface area contributed by atoms with Gasteiger partial charge in [-0.15, -0.1) is 5.10 Å². The second-order valence-electron chi connectivity index (χ2n) is 8.06. The summed E-state index contributed by atoms with van der Waals surface area (Å²) in [4.78, 5) is 14.9. The molecule has 1 saturated heterocycles. The van der Waals surface area contributed by atoms with Gasteiger partial charge in [0.05, 0.1) is 12.2 Å². The van der Waals surface area contributed by atoms with Gasteiger partial charge in [0.15, 0.2) is 5.69 Å². The van der Waals surface area contributed by atoms with Crippen molar-refractivity contribution in [2.45, 2.75) is 69.7 Å². The van der Waals surface area contributed by atoms with Gasteiger partial charge in [-0.25, -0.2) is 4.68 Å². The molecule has 1 aromatic heterocycles. The summed E-state index contributed by atoms with van der Waals surface area (Å²) in [6.07, 6.45) is 12.5. The number of nitrogens with zero attached hydrogens (tertiary/aromatic N) is 4. The number of aromatic nitrogens is 3. The molecule has 5 heteroatoms. The molecule has 144 valence electrons. The molecular formula is C22H30N4O. The van der Waals surface area contributed by atoms with Crippen molar-refractivity contribution in [1.29, 1.82) is 0 Å². The summed E-state index contributed by atoms with van der Waals surface area (Å²) in [5.41, 5.74) is 1.91. The minimum absolute atomic E-state index is 0.0450. The fourth-order valence-corrected chi connectivity index (χ4v) is 4.60. The lowest BCUT2D eigenvalue weighted by atomic mass is 9.92. The lowest BCUT2D eigenvalue weighted by Gasteiger charge is -2.19. The fourth-order valence-electron chi connectivity index (χ4n) is 4.60. The SMILES string of the molecule is O=C(c1cn(C2CCCCCC2)nn1)N1CCC[C@H](c2ccccc2)CC1. The Hall–Kier alpha value is -2.17. The van der Waals surface area contributed by atoms with Gasteiger partial charge in [0.2, 0.25) is 0 Å². The Labute approximate surface area is 161 Å². The maximum absolute atomic E-state index is 13.0. The van der Waals surface area contributed by atoms with Gasteiger partial charge in [-0.05, 0) is 43.6 Å². The molecule has 0 N–H and O–H groups in total. The highest BCUT2D eigenvalue weighted by Gasteiger charge is 2.25. The highest BCUT2D eigenvalue weighted by molar-refractivity contribution is 5.91. The minimum atomic E-state index is 0.0450. The van der Waals surface area contributed by atoms with Crippen molar-refractivity contribution in [3.05, 3.63) is 47.8 Å². The smallest absolute Gasteiger partial charge is 0.276 e. The van der Waals surface area contributed by atoms with Crippen molar-refractivity contribution >= 4 is 5.91 Å². The van der Waals surface area contributed by atoms with E-state index in [1.165, 1.54) is 31.2 Å². The molecule has 1 aliphatic heterocycles. The summed E-state index contributed by atoms with van der Waals surface area (Å²) in [5.74, 6) is 0.592. The van der Waals surface area contributed by atoms with Crippen LogP contribution in [0.15, 0.2) is 36.5 Å². The normalized spacial score (nSPS) is 22.2. The molecule has 0 bridgehead atoms. The van der Waals surface area contributed by atoms with Crippen molar-refractivity contribution in [2.24, 2.45) is 0 Å². The van der Waals surface area contributed by atoms with E-state index in [9.17, 15) is 4.79 Å². The molecule has 1 amide bonds. The number of hydrogen-bond acceptors (Lipinski definition) is 3. The van der Waals surface area contributed by atoms with E-state index in [1.54, 1.807) is 0 Å². The zero-order valence-corrected chi connectivity index (χ0v) is 16.1. The van der Waals surface area contributed by atoms with E-state index < -0.39 is 0 Å². The van der Waals surface area contributed by atoms with Crippen LogP contribution in [0.5, 0.6) is 0 Å². The Morgan fingerprint density at radius 3 is 2.44 bits per heavy atom. The number of likely N-dealkylation sites (tertiary alicyclic amines) is 1. The monoisotopic (exact) mass is 366 g/mol. The summed E-state index contributed by atoms with van der Waals surface area (Å²) in [7, 11) is 0. The van der Waals surface area contributed by atoms with Crippen LogP contribution in [-0.2, 0) is 0 Å². The number of hydrogen-bond donors (Lipinski definition) is 0. The van der Waals surface area contributed by atoms with Gasteiger partial charge >= 0.3 is 0 Å². The van der Waals surface area contributed by atoms with Crippen molar-refractivity contribution in [1.82, 2.24) is 19.9 Å². The first kappa shape index (κ1) is 18.2. The van der Waals surface area contributed by atoms with Crippen molar-refractivity contribution in [2.75, 3.05) is 13.1 Å². The second-order valence-corrected chi connectivity index (χ2v) is 8.06. The first-order valence-corrected chi connectivity index (χ1v) is 10.6. The number of benzene rings is 1. The summed E-state index contributed by atoms with van der Waals surface area (Å²) in [6, 6.07) is 11.1. The van der Waals surface area contributed by atoms with E-state index in [4.69, 9.17) is 0 Å². The maximum atomic E-state index is 13.0. The highest BCUT2D eigenvalue weighted by atomic mass is 16.2. The molecule has 0 unspecified atom stereocenters. The van der Waals surface area contributed by atoms with Gasteiger partial charge in [-0.2, -0.15) is 0 Å². The van der Waals surface area contributed by atoms with Crippen LogP contribution in [0.2, 0.25) is 0 Å². The molecule has 2 aliphatic rings. The molecule has 1 aliphatic carbocycles. The molecule has 1 aromatic carbocycles. The van der Waals surface area contributed by atoms with E-state index in [-0.39, 0.29) is 5.91 Å². The molecule has 27 heavy (non-hydrogen) atoms. The Morgan fingerprint density at radius 1 is 0.889 bits per heavy atom. The number of carbonyl (C=O) groups is 1.